The van der Waals surface area contributed by atoms with Crippen LogP contribution < -0.4 is 24.3 Å². The summed E-state index contributed by atoms with van der Waals surface area (Å²) in [5, 5.41) is 6.25. The van der Waals surface area contributed by atoms with E-state index < -0.39 is 13.5 Å². The summed E-state index contributed by atoms with van der Waals surface area (Å²) in [7, 11) is -2.59. The molecule has 0 spiro atoms. The van der Waals surface area contributed by atoms with Crippen LogP contribution in [0.15, 0.2) is 41.5 Å². The zero-order valence-corrected chi connectivity index (χ0v) is 36.8. The maximum Gasteiger partial charge on any atom is 0.329 e. The van der Waals surface area contributed by atoms with Gasteiger partial charge in [-0.15, -0.1) is 0 Å². The molecule has 0 unspecified atom stereocenters. The lowest BCUT2D eigenvalue weighted by Crippen LogP contribution is -2.28. The maximum absolute atomic E-state index is 13.5. The predicted octanol–water partition coefficient (Wildman–Crippen LogP) is 3.81. The molecule has 0 saturated heterocycles. The molecule has 0 fully saturated rings. The van der Waals surface area contributed by atoms with E-state index in [4.69, 9.17) is 67.1 Å². The van der Waals surface area contributed by atoms with Crippen molar-refractivity contribution in [3.8, 4) is 23.0 Å². The van der Waals surface area contributed by atoms with Crippen molar-refractivity contribution in [2.24, 2.45) is 5.11 Å². The van der Waals surface area contributed by atoms with Gasteiger partial charge in [-0.05, 0) is 41.8 Å². The highest BCUT2D eigenvalue weighted by atomic mass is 31.2. The maximum atomic E-state index is 13.5. The Bertz CT molecular complexity index is 1530. The van der Waals surface area contributed by atoms with Crippen molar-refractivity contribution in [1.29, 1.82) is 0 Å². The molecule has 0 aromatic heterocycles. The standard InChI is InChI=1S/C40H65N4O17P/c1-3-10-50-15-17-53-21-23-55-25-28-59-37-31-35(40(45)42-8-12-58-36-6-4-34(5-7-36)33-62(46,47)48)32-38(39(37)61-30-27-57-18-16-51-11-9-43-44-41)60-29-26-56-24-22-54-20-19-52-14-13-49-2/h4-7,31-32H,3,8-30,33H2,1-2H3,(H,42,45)(H2,46,47,48). The van der Waals surface area contributed by atoms with Gasteiger partial charge in [0.2, 0.25) is 5.75 Å². The Hall–Kier alpha value is -3.79. The lowest BCUT2D eigenvalue weighted by molar-refractivity contribution is -0.0000432. The number of nitrogens with zero attached hydrogens (tertiary/aromatic N) is 3. The molecule has 3 N–H and O–H groups in total. The fraction of sp³-hybridized carbons (Fsp3) is 0.675. The van der Waals surface area contributed by atoms with E-state index in [0.717, 1.165) is 6.42 Å². The number of azide groups is 1. The third kappa shape index (κ3) is 28.7. The molecular weight excluding hydrogens is 839 g/mol. The van der Waals surface area contributed by atoms with Crippen LogP contribution in [-0.4, -0.2) is 175 Å². The highest BCUT2D eigenvalue weighted by Crippen LogP contribution is 2.40. The molecule has 21 nitrogen and oxygen atoms in total. The Morgan fingerprint density at radius 2 is 1.08 bits per heavy atom. The predicted molar refractivity (Wildman–Crippen MR) is 226 cm³/mol. The smallest absolute Gasteiger partial charge is 0.329 e. The van der Waals surface area contributed by atoms with Crippen LogP contribution in [-0.2, 0) is 53.4 Å². The van der Waals surface area contributed by atoms with E-state index in [9.17, 15) is 19.1 Å². The van der Waals surface area contributed by atoms with Crippen LogP contribution in [0.2, 0.25) is 0 Å². The summed E-state index contributed by atoms with van der Waals surface area (Å²) in [6.07, 6.45) is 0.571. The summed E-state index contributed by atoms with van der Waals surface area (Å²) in [5.74, 6) is 0.739. The van der Waals surface area contributed by atoms with Crippen molar-refractivity contribution in [3.63, 3.8) is 0 Å². The van der Waals surface area contributed by atoms with Gasteiger partial charge < -0.3 is 76.7 Å². The van der Waals surface area contributed by atoms with Crippen LogP contribution in [0.3, 0.4) is 0 Å². The van der Waals surface area contributed by atoms with Gasteiger partial charge in [0.25, 0.3) is 5.91 Å². The quantitative estimate of drug-likeness (QED) is 0.0281. The number of carbonyl (C=O) groups excluding carboxylic acids is 1. The Morgan fingerprint density at radius 3 is 1.55 bits per heavy atom. The number of ether oxygens (including phenoxy) is 13. The van der Waals surface area contributed by atoms with Gasteiger partial charge in [-0.25, -0.2) is 0 Å². The molecule has 2 rings (SSSR count). The second-order valence-electron chi connectivity index (χ2n) is 12.8. The molecule has 0 saturated carbocycles. The number of amides is 1. The number of hydrogen-bond acceptors (Lipinski definition) is 16. The largest absolute Gasteiger partial charge is 0.492 e. The van der Waals surface area contributed by atoms with E-state index in [2.05, 4.69) is 15.3 Å². The zero-order chi connectivity index (χ0) is 44.8. The molecule has 0 heterocycles. The minimum absolute atomic E-state index is 0.105. The molecule has 0 aliphatic carbocycles. The average Bonchev–Trinajstić information content (AvgIpc) is 3.25. The molecule has 0 radical (unpaired) electrons. The molecule has 0 bridgehead atoms. The summed E-state index contributed by atoms with van der Waals surface area (Å²) < 4.78 is 84.6. The van der Waals surface area contributed by atoms with E-state index in [1.54, 1.807) is 43.5 Å². The second kappa shape index (κ2) is 36.7. The van der Waals surface area contributed by atoms with Crippen molar-refractivity contribution in [3.05, 3.63) is 58.0 Å². The molecule has 2 aromatic rings. The minimum Gasteiger partial charge on any atom is -0.492 e. The fourth-order valence-corrected chi connectivity index (χ4v) is 5.58. The van der Waals surface area contributed by atoms with Crippen LogP contribution in [0.1, 0.15) is 29.3 Å². The summed E-state index contributed by atoms with van der Waals surface area (Å²) in [5.41, 5.74) is 9.08. The first-order chi connectivity index (χ1) is 30.3. The number of nitrogens with one attached hydrogen (secondary N) is 1. The van der Waals surface area contributed by atoms with E-state index in [1.165, 1.54) is 0 Å². The van der Waals surface area contributed by atoms with Crippen molar-refractivity contribution in [2.75, 3.05) is 159 Å². The van der Waals surface area contributed by atoms with Gasteiger partial charge in [-0.3, -0.25) is 9.36 Å². The molecule has 0 aliphatic heterocycles. The Morgan fingerprint density at radius 1 is 0.629 bits per heavy atom. The molecule has 2 aromatic carbocycles. The van der Waals surface area contributed by atoms with Crippen molar-refractivity contribution < 1.29 is 80.7 Å². The van der Waals surface area contributed by atoms with E-state index in [-0.39, 0.29) is 102 Å². The van der Waals surface area contributed by atoms with E-state index in [1.807, 2.05) is 6.92 Å². The normalized spacial score (nSPS) is 11.3. The Kier molecular flexibility index (Phi) is 32.1. The van der Waals surface area contributed by atoms with Crippen molar-refractivity contribution >= 4 is 13.5 Å². The number of carbonyl (C=O) groups is 1. The van der Waals surface area contributed by atoms with Gasteiger partial charge in [0.1, 0.15) is 32.2 Å². The molecule has 0 aliphatic rings. The first-order valence-electron chi connectivity index (χ1n) is 20.5. The van der Waals surface area contributed by atoms with Gasteiger partial charge >= 0.3 is 7.60 Å². The van der Waals surface area contributed by atoms with Gasteiger partial charge in [-0.1, -0.05) is 24.2 Å². The van der Waals surface area contributed by atoms with Gasteiger partial charge in [0.05, 0.1) is 118 Å². The lowest BCUT2D eigenvalue weighted by Gasteiger charge is -2.19. The van der Waals surface area contributed by atoms with E-state index >= 15 is 0 Å². The molecule has 1 amide bonds. The summed E-state index contributed by atoms with van der Waals surface area (Å²) in [4.78, 5) is 34.6. The molecule has 22 heteroatoms. The topological polar surface area (TPSA) is 255 Å². The van der Waals surface area contributed by atoms with Crippen LogP contribution in [0.5, 0.6) is 23.0 Å². The van der Waals surface area contributed by atoms with Gasteiger partial charge in [-0.2, -0.15) is 0 Å². The minimum atomic E-state index is -4.20. The molecule has 62 heavy (non-hydrogen) atoms. The molecule has 0 atom stereocenters. The lowest BCUT2D eigenvalue weighted by atomic mass is 10.1. The summed E-state index contributed by atoms with van der Waals surface area (Å²) >= 11 is 0. The van der Waals surface area contributed by atoms with Crippen LogP contribution in [0.4, 0.5) is 0 Å². The number of benzene rings is 2. The SMILES string of the molecule is CCCOCCOCCOCCOc1cc(C(=O)NCCOc2ccc(CP(=O)(O)O)cc2)cc(OCCOCCOCCOCCOC)c1OCCOCCOCCN=[N+]=[N-]. The Balaban J connectivity index is 2.08. The van der Waals surface area contributed by atoms with Crippen LogP contribution in [0.25, 0.3) is 10.4 Å². The highest BCUT2D eigenvalue weighted by Gasteiger charge is 2.20. The van der Waals surface area contributed by atoms with Crippen LogP contribution in [0, 0.1) is 0 Å². The van der Waals surface area contributed by atoms with Gasteiger partial charge in [0, 0.05) is 30.7 Å². The number of methoxy groups -OCH3 is 1. The van der Waals surface area contributed by atoms with Crippen LogP contribution >= 0.6 is 7.60 Å². The second-order valence-corrected chi connectivity index (χ2v) is 14.4. The van der Waals surface area contributed by atoms with E-state index in [0.29, 0.717) is 90.6 Å². The summed E-state index contributed by atoms with van der Waals surface area (Å²) in [6, 6.07) is 9.43. The van der Waals surface area contributed by atoms with Crippen molar-refractivity contribution in [2.45, 2.75) is 19.5 Å². The average molecular weight is 905 g/mol. The Labute approximate surface area is 363 Å². The number of hydrogen-bond donors (Lipinski definition) is 3. The van der Waals surface area contributed by atoms with Crippen molar-refractivity contribution in [1.82, 2.24) is 5.32 Å². The first kappa shape index (κ1) is 54.3. The highest BCUT2D eigenvalue weighted by molar-refractivity contribution is 7.50. The fourth-order valence-electron chi connectivity index (χ4n) is 4.90. The third-order valence-corrected chi connectivity index (χ3v) is 8.51. The molecular formula is C40H65N4O17P. The molecule has 352 valence electrons. The van der Waals surface area contributed by atoms with Gasteiger partial charge in [0.15, 0.2) is 11.5 Å². The zero-order valence-electron chi connectivity index (χ0n) is 35.9. The third-order valence-electron chi connectivity index (χ3n) is 7.73. The summed E-state index contributed by atoms with van der Waals surface area (Å²) in [6.45, 7) is 9.31. The monoisotopic (exact) mass is 904 g/mol. The number of rotatable bonds is 42. The first-order valence-corrected chi connectivity index (χ1v) is 22.3.